The summed E-state index contributed by atoms with van der Waals surface area (Å²) in [4.78, 5) is -1.64. The number of benzene rings is 1. The van der Waals surface area contributed by atoms with Gasteiger partial charge in [-0.2, -0.15) is 16.8 Å². The van der Waals surface area contributed by atoms with E-state index in [1.54, 1.807) is 0 Å². The Hall–Kier alpha value is -0.160. The van der Waals surface area contributed by atoms with Gasteiger partial charge in [0, 0.05) is 0 Å². The maximum Gasteiger partial charge on any atom is 1.00 e. The zero-order valence-corrected chi connectivity index (χ0v) is 12.6. The molecule has 0 unspecified atom stereocenters. The molecule has 0 bridgehead atoms. The van der Waals surface area contributed by atoms with Crippen LogP contribution in [0.1, 0.15) is 6.99 Å². The Morgan fingerprint density at radius 2 is 1.53 bits per heavy atom. The van der Waals surface area contributed by atoms with Gasteiger partial charge in [-0.05, 0) is 24.6 Å². The van der Waals surface area contributed by atoms with E-state index >= 15 is 0 Å². The summed E-state index contributed by atoms with van der Waals surface area (Å²) in [6.45, 7) is 1.03. The number of phenols is 1. The number of aromatic hydroxyl groups is 1. The maximum atomic E-state index is 10.9. The summed E-state index contributed by atoms with van der Waals surface area (Å²) in [6, 6.07) is 1.58. The molecule has 0 fully saturated rings. The van der Waals surface area contributed by atoms with Crippen molar-refractivity contribution in [2.24, 2.45) is 0 Å². The van der Waals surface area contributed by atoms with Crippen molar-refractivity contribution in [2.75, 3.05) is 0 Å². The first kappa shape index (κ1) is 16.8. The number of hydrogen-bond donors (Lipinski definition) is 3. The molecule has 0 heterocycles. The molecular weight excluding hydrogens is 283 g/mol. The molecule has 0 atom stereocenters. The average molecular weight is 292 g/mol. The molecule has 1 aromatic carbocycles. The third-order valence-electron chi connectivity index (χ3n) is 1.87. The van der Waals surface area contributed by atoms with Crippen LogP contribution in [0.15, 0.2) is 21.9 Å². The smallest absolute Gasteiger partial charge is 1.00 e. The fraction of sp³-hybridized carbons (Fsp3) is 0.143. The number of rotatable bonds is 2. The third-order valence-corrected chi connectivity index (χ3v) is 3.90. The van der Waals surface area contributed by atoms with Crippen molar-refractivity contribution >= 4 is 20.2 Å². The van der Waals surface area contributed by atoms with Crippen molar-refractivity contribution in [3.63, 3.8) is 0 Å². The molecule has 1 aromatic rings. The minimum absolute atomic E-state index is 0. The number of phenolic OH excluding ortho intramolecular Hbond substituents is 1. The Labute approximate surface area is 122 Å². The molecule has 0 aliphatic heterocycles. The third kappa shape index (κ3) is 3.65. The normalized spacial score (nSPS) is 11.9. The Morgan fingerprint density at radius 3 is 1.88 bits per heavy atom. The Balaban J connectivity index is 0. The monoisotopic (exact) mass is 292 g/mol. The van der Waals surface area contributed by atoms with E-state index in [1.807, 2.05) is 0 Å². The standard InChI is InChI=1S/C7H8O7S2.Na.H/c1-4-6(15(9,10)11)3-2-5(8)7(4)16(12,13)14;;/h2-3,8H,1H3,(H,9,10,11)(H,12,13,14);;/q;+1;-1. The molecule has 0 aliphatic carbocycles. The van der Waals surface area contributed by atoms with Crippen LogP contribution in [0.4, 0.5) is 0 Å². The van der Waals surface area contributed by atoms with Gasteiger partial charge < -0.3 is 6.53 Å². The van der Waals surface area contributed by atoms with E-state index in [1.165, 1.54) is 0 Å². The molecule has 1 rings (SSSR count). The van der Waals surface area contributed by atoms with E-state index in [0.29, 0.717) is 0 Å². The van der Waals surface area contributed by atoms with Crippen molar-refractivity contribution < 1.29 is 62.0 Å². The first-order chi connectivity index (χ1) is 7.05. The summed E-state index contributed by atoms with van der Waals surface area (Å²) >= 11 is 0. The van der Waals surface area contributed by atoms with E-state index < -0.39 is 41.3 Å². The van der Waals surface area contributed by atoms with Gasteiger partial charge in [-0.1, -0.05) is 0 Å². The van der Waals surface area contributed by atoms with Crippen LogP contribution in [0.2, 0.25) is 0 Å². The summed E-state index contributed by atoms with van der Waals surface area (Å²) < 4.78 is 61.0. The van der Waals surface area contributed by atoms with Crippen LogP contribution in [-0.2, 0) is 20.2 Å². The van der Waals surface area contributed by atoms with Crippen molar-refractivity contribution in [3.05, 3.63) is 17.7 Å². The second-order valence-corrected chi connectivity index (χ2v) is 5.74. The molecule has 0 saturated carbocycles. The first-order valence-corrected chi connectivity index (χ1v) is 6.70. The largest absolute Gasteiger partial charge is 1.00 e. The van der Waals surface area contributed by atoms with Crippen molar-refractivity contribution in [3.8, 4) is 5.75 Å². The van der Waals surface area contributed by atoms with Gasteiger partial charge in [0.1, 0.15) is 10.6 Å². The van der Waals surface area contributed by atoms with E-state index in [0.717, 1.165) is 19.1 Å². The predicted octanol–water partition coefficient (Wildman–Crippen LogP) is -2.69. The summed E-state index contributed by atoms with van der Waals surface area (Å²) in [5.41, 5.74) is -0.454. The molecule has 92 valence electrons. The molecule has 3 N–H and O–H groups in total. The van der Waals surface area contributed by atoms with Gasteiger partial charge in [0.15, 0.2) is 0 Å². The molecule has 0 aromatic heterocycles. The van der Waals surface area contributed by atoms with Crippen LogP contribution >= 0.6 is 0 Å². The molecule has 0 amide bonds. The number of hydrogen-bond acceptors (Lipinski definition) is 5. The van der Waals surface area contributed by atoms with Crippen molar-refractivity contribution in [1.29, 1.82) is 0 Å². The fourth-order valence-electron chi connectivity index (χ4n) is 1.26. The molecule has 17 heavy (non-hydrogen) atoms. The maximum absolute atomic E-state index is 10.9. The zero-order chi connectivity index (χ0) is 12.7. The predicted molar refractivity (Wildman–Crippen MR) is 53.6 cm³/mol. The van der Waals surface area contributed by atoms with Crippen LogP contribution in [0.3, 0.4) is 0 Å². The SMILES string of the molecule is Cc1c(S(=O)(=O)O)ccc(O)c1S(=O)(=O)O.[H-].[Na+]. The molecule has 7 nitrogen and oxygen atoms in total. The van der Waals surface area contributed by atoms with Crippen molar-refractivity contribution in [2.45, 2.75) is 16.7 Å². The van der Waals surface area contributed by atoms with E-state index in [4.69, 9.17) is 9.11 Å². The molecular formula is C7H9NaO7S2. The fourth-order valence-corrected chi connectivity index (χ4v) is 2.89. The van der Waals surface area contributed by atoms with Crippen molar-refractivity contribution in [1.82, 2.24) is 0 Å². The van der Waals surface area contributed by atoms with Gasteiger partial charge in [0.2, 0.25) is 0 Å². The summed E-state index contributed by atoms with van der Waals surface area (Å²) in [7, 11) is -9.39. The van der Waals surface area contributed by atoms with Crippen LogP contribution in [0.5, 0.6) is 5.75 Å². The molecule has 0 radical (unpaired) electrons. The zero-order valence-electron chi connectivity index (χ0n) is 9.95. The molecule has 0 saturated heterocycles. The van der Waals surface area contributed by atoms with Crippen LogP contribution in [-0.4, -0.2) is 31.0 Å². The van der Waals surface area contributed by atoms with Crippen LogP contribution in [0, 0.1) is 6.92 Å². The van der Waals surface area contributed by atoms with Gasteiger partial charge in [-0.3, -0.25) is 9.11 Å². The topological polar surface area (TPSA) is 129 Å². The first-order valence-electron chi connectivity index (χ1n) is 3.82. The van der Waals surface area contributed by atoms with Gasteiger partial charge in [-0.15, -0.1) is 0 Å². The van der Waals surface area contributed by atoms with Crippen LogP contribution < -0.4 is 29.6 Å². The second kappa shape index (κ2) is 5.22. The Kier molecular flexibility index (Phi) is 5.18. The van der Waals surface area contributed by atoms with Gasteiger partial charge in [0.25, 0.3) is 20.2 Å². The van der Waals surface area contributed by atoms with Gasteiger partial charge in [-0.25, -0.2) is 0 Å². The second-order valence-electron chi connectivity index (χ2n) is 2.99. The van der Waals surface area contributed by atoms with Crippen LogP contribution in [0.25, 0.3) is 0 Å². The van der Waals surface area contributed by atoms with E-state index in [-0.39, 0.29) is 31.0 Å². The van der Waals surface area contributed by atoms with E-state index in [9.17, 15) is 21.9 Å². The average Bonchev–Trinajstić information content (AvgIpc) is 1.97. The quantitative estimate of drug-likeness (QED) is 0.400. The summed E-state index contributed by atoms with van der Waals surface area (Å²) in [5.74, 6) is -0.799. The Morgan fingerprint density at radius 1 is 1.06 bits per heavy atom. The minimum atomic E-state index is -4.77. The molecule has 10 heteroatoms. The minimum Gasteiger partial charge on any atom is -1.00 e. The molecule has 0 aliphatic rings. The summed E-state index contributed by atoms with van der Waals surface area (Å²) in [5, 5.41) is 9.20. The van der Waals surface area contributed by atoms with Gasteiger partial charge in [0.05, 0.1) is 4.90 Å². The summed E-state index contributed by atoms with van der Waals surface area (Å²) in [6.07, 6.45) is 0. The Bertz CT molecular complexity index is 638. The molecule has 0 spiro atoms. The van der Waals surface area contributed by atoms with E-state index in [2.05, 4.69) is 0 Å². The van der Waals surface area contributed by atoms with Gasteiger partial charge >= 0.3 is 29.6 Å².